The molecule has 0 aliphatic heterocycles. The van der Waals surface area contributed by atoms with Crippen molar-refractivity contribution in [1.29, 1.82) is 0 Å². The quantitative estimate of drug-likeness (QED) is 0.635. The van der Waals surface area contributed by atoms with Crippen molar-refractivity contribution in [3.05, 3.63) is 62.6 Å². The van der Waals surface area contributed by atoms with E-state index in [9.17, 15) is 10.1 Å². The molecule has 2 aromatic carbocycles. The van der Waals surface area contributed by atoms with Gasteiger partial charge < -0.3 is 10.1 Å². The first-order chi connectivity index (χ1) is 10.0. The number of para-hydroxylation sites is 1. The van der Waals surface area contributed by atoms with Gasteiger partial charge in [0.25, 0.3) is 5.69 Å². The Morgan fingerprint density at radius 2 is 2.00 bits per heavy atom. The molecule has 0 radical (unpaired) electrons. The second-order valence-corrected chi connectivity index (χ2v) is 5.44. The number of hydrogen-bond acceptors (Lipinski definition) is 4. The zero-order valence-corrected chi connectivity index (χ0v) is 13.3. The third-order valence-electron chi connectivity index (χ3n) is 3.13. The minimum atomic E-state index is -0.401. The Hall–Kier alpha value is -2.08. The van der Waals surface area contributed by atoms with Crippen molar-refractivity contribution in [2.45, 2.75) is 13.0 Å². The van der Waals surface area contributed by atoms with Crippen molar-refractivity contribution >= 4 is 27.3 Å². The van der Waals surface area contributed by atoms with E-state index in [2.05, 4.69) is 21.2 Å². The predicted molar refractivity (Wildman–Crippen MR) is 85.8 cm³/mol. The van der Waals surface area contributed by atoms with E-state index in [1.54, 1.807) is 19.2 Å². The Kier molecular flexibility index (Phi) is 4.80. The molecule has 0 fully saturated rings. The molecule has 0 saturated carbocycles. The molecule has 0 spiro atoms. The molecular weight excluding hydrogens is 336 g/mol. The number of hydrogen-bond donors (Lipinski definition) is 1. The fourth-order valence-corrected chi connectivity index (χ4v) is 2.46. The molecule has 0 aliphatic carbocycles. The molecule has 2 rings (SSSR count). The summed E-state index contributed by atoms with van der Waals surface area (Å²) in [7, 11) is 1.60. The van der Waals surface area contributed by atoms with Crippen molar-refractivity contribution in [1.82, 2.24) is 0 Å². The fraction of sp³-hybridized carbons (Fsp3) is 0.200. The Morgan fingerprint density at radius 1 is 1.29 bits per heavy atom. The number of rotatable bonds is 5. The van der Waals surface area contributed by atoms with Crippen LogP contribution in [0.3, 0.4) is 0 Å². The van der Waals surface area contributed by atoms with Crippen LogP contribution in [0.4, 0.5) is 11.4 Å². The van der Waals surface area contributed by atoms with E-state index in [0.717, 1.165) is 11.3 Å². The molecule has 2 aromatic rings. The lowest BCUT2D eigenvalue weighted by Crippen LogP contribution is -2.09. The highest BCUT2D eigenvalue weighted by Crippen LogP contribution is 2.33. The van der Waals surface area contributed by atoms with Crippen molar-refractivity contribution in [2.24, 2.45) is 0 Å². The maximum atomic E-state index is 11.1. The van der Waals surface area contributed by atoms with E-state index in [4.69, 9.17) is 4.74 Å². The topological polar surface area (TPSA) is 64.4 Å². The van der Waals surface area contributed by atoms with Gasteiger partial charge in [0.1, 0.15) is 11.4 Å². The number of anilines is 1. The average molecular weight is 351 g/mol. The minimum absolute atomic E-state index is 0.0334. The van der Waals surface area contributed by atoms with Crippen molar-refractivity contribution in [2.75, 3.05) is 12.4 Å². The summed E-state index contributed by atoms with van der Waals surface area (Å²) in [5.41, 5.74) is 1.45. The average Bonchev–Trinajstić information content (AvgIpc) is 2.48. The summed E-state index contributed by atoms with van der Waals surface area (Å²) in [6, 6.07) is 12.4. The summed E-state index contributed by atoms with van der Waals surface area (Å²) in [5.74, 6) is 0.747. The monoisotopic (exact) mass is 350 g/mol. The van der Waals surface area contributed by atoms with E-state index < -0.39 is 4.92 Å². The maximum absolute atomic E-state index is 11.1. The molecule has 1 N–H and O–H groups in total. The van der Waals surface area contributed by atoms with Crippen molar-refractivity contribution in [3.8, 4) is 5.75 Å². The second kappa shape index (κ2) is 6.58. The van der Waals surface area contributed by atoms with Gasteiger partial charge in [0.15, 0.2) is 0 Å². The zero-order valence-electron chi connectivity index (χ0n) is 11.7. The highest BCUT2D eigenvalue weighted by Gasteiger charge is 2.18. The van der Waals surface area contributed by atoms with Gasteiger partial charge in [-0.05, 0) is 25.1 Å². The van der Waals surface area contributed by atoms with Crippen LogP contribution in [0.25, 0.3) is 0 Å². The van der Waals surface area contributed by atoms with Gasteiger partial charge in [0, 0.05) is 16.1 Å². The third-order valence-corrected chi connectivity index (χ3v) is 3.63. The number of nitrogens with zero attached hydrogens (tertiary/aromatic N) is 1. The predicted octanol–water partition coefficient (Wildman–Crippen LogP) is 4.54. The molecular formula is C15H15BrN2O3. The second-order valence-electron chi connectivity index (χ2n) is 4.53. The van der Waals surface area contributed by atoms with Crippen LogP contribution in [0.5, 0.6) is 5.75 Å². The van der Waals surface area contributed by atoms with Gasteiger partial charge in [-0.3, -0.25) is 10.1 Å². The van der Waals surface area contributed by atoms with E-state index in [0.29, 0.717) is 10.2 Å². The minimum Gasteiger partial charge on any atom is -0.496 e. The smallest absolute Gasteiger partial charge is 0.293 e. The number of nitro benzene ring substituents is 1. The first kappa shape index (κ1) is 15.3. The summed E-state index contributed by atoms with van der Waals surface area (Å²) >= 11 is 3.25. The summed E-state index contributed by atoms with van der Waals surface area (Å²) in [5, 5.41) is 14.3. The van der Waals surface area contributed by atoms with Crippen LogP contribution in [0.15, 0.2) is 46.9 Å². The van der Waals surface area contributed by atoms with Crippen LogP contribution in [-0.4, -0.2) is 12.0 Å². The van der Waals surface area contributed by atoms with E-state index in [-0.39, 0.29) is 11.7 Å². The van der Waals surface area contributed by atoms with E-state index in [1.165, 1.54) is 6.07 Å². The van der Waals surface area contributed by atoms with Gasteiger partial charge in [-0.25, -0.2) is 0 Å². The first-order valence-electron chi connectivity index (χ1n) is 6.36. The van der Waals surface area contributed by atoms with Crippen LogP contribution in [0.2, 0.25) is 0 Å². The van der Waals surface area contributed by atoms with E-state index in [1.807, 2.05) is 31.2 Å². The molecule has 1 unspecified atom stereocenters. The van der Waals surface area contributed by atoms with Crippen LogP contribution in [0, 0.1) is 10.1 Å². The van der Waals surface area contributed by atoms with Gasteiger partial charge in [-0.1, -0.05) is 34.1 Å². The van der Waals surface area contributed by atoms with Gasteiger partial charge in [0.05, 0.1) is 18.1 Å². The number of nitro groups is 1. The largest absolute Gasteiger partial charge is 0.496 e. The lowest BCUT2D eigenvalue weighted by molar-refractivity contribution is -0.384. The van der Waals surface area contributed by atoms with Crippen LogP contribution >= 0.6 is 15.9 Å². The lowest BCUT2D eigenvalue weighted by Gasteiger charge is -2.18. The van der Waals surface area contributed by atoms with Crippen molar-refractivity contribution in [3.63, 3.8) is 0 Å². The summed E-state index contributed by atoms with van der Waals surface area (Å²) in [6.45, 7) is 1.93. The van der Waals surface area contributed by atoms with Crippen LogP contribution < -0.4 is 10.1 Å². The number of methoxy groups -OCH3 is 1. The Balaban J connectivity index is 2.31. The number of halogens is 1. The van der Waals surface area contributed by atoms with Gasteiger partial charge in [-0.2, -0.15) is 0 Å². The Labute approximate surface area is 131 Å². The zero-order chi connectivity index (χ0) is 15.4. The van der Waals surface area contributed by atoms with Crippen LogP contribution in [0.1, 0.15) is 18.5 Å². The maximum Gasteiger partial charge on any atom is 0.293 e. The molecule has 0 saturated heterocycles. The lowest BCUT2D eigenvalue weighted by atomic mass is 10.1. The molecule has 0 aromatic heterocycles. The highest BCUT2D eigenvalue weighted by molar-refractivity contribution is 9.10. The molecule has 1 atom stereocenters. The molecule has 21 heavy (non-hydrogen) atoms. The Bertz CT molecular complexity index is 661. The Morgan fingerprint density at radius 3 is 2.67 bits per heavy atom. The number of benzene rings is 2. The van der Waals surface area contributed by atoms with Crippen LogP contribution in [-0.2, 0) is 0 Å². The highest BCUT2D eigenvalue weighted by atomic mass is 79.9. The molecule has 110 valence electrons. The van der Waals surface area contributed by atoms with Gasteiger partial charge in [-0.15, -0.1) is 0 Å². The SMILES string of the molecule is COc1ccccc1C(C)Nc1ccc(Br)cc1[N+](=O)[O-]. The first-order valence-corrected chi connectivity index (χ1v) is 7.15. The molecule has 0 heterocycles. The fourth-order valence-electron chi connectivity index (χ4n) is 2.11. The summed E-state index contributed by atoms with van der Waals surface area (Å²) in [4.78, 5) is 10.7. The summed E-state index contributed by atoms with van der Waals surface area (Å²) < 4.78 is 5.99. The van der Waals surface area contributed by atoms with Crippen molar-refractivity contribution < 1.29 is 9.66 Å². The van der Waals surface area contributed by atoms with Gasteiger partial charge >= 0.3 is 0 Å². The molecule has 0 bridgehead atoms. The summed E-state index contributed by atoms with van der Waals surface area (Å²) in [6.07, 6.45) is 0. The van der Waals surface area contributed by atoms with Gasteiger partial charge in [0.2, 0.25) is 0 Å². The molecule has 0 aliphatic rings. The molecule has 5 nitrogen and oxygen atoms in total. The normalized spacial score (nSPS) is 11.8. The molecule has 0 amide bonds. The third kappa shape index (κ3) is 3.52. The molecule has 6 heteroatoms. The standard InChI is InChI=1S/C15H15BrN2O3/c1-10(12-5-3-4-6-15(12)21-2)17-13-8-7-11(16)9-14(13)18(19)20/h3-10,17H,1-2H3. The van der Waals surface area contributed by atoms with E-state index >= 15 is 0 Å². The number of nitrogens with one attached hydrogen (secondary N) is 1. The number of ether oxygens (including phenoxy) is 1.